The monoisotopic (exact) mass is 394 g/mol. The molecule has 6 nitrogen and oxygen atoms in total. The van der Waals surface area contributed by atoms with Crippen LogP contribution in [0.3, 0.4) is 0 Å². The molecule has 0 aliphatic heterocycles. The van der Waals surface area contributed by atoms with Crippen molar-refractivity contribution in [2.24, 2.45) is 0 Å². The van der Waals surface area contributed by atoms with Gasteiger partial charge in [-0.2, -0.15) is 0 Å². The summed E-state index contributed by atoms with van der Waals surface area (Å²) in [4.78, 5) is 30.5. The molecule has 1 aromatic heterocycles. The fraction of sp³-hybridized carbons (Fsp3) is 0.304. The zero-order valence-corrected chi connectivity index (χ0v) is 17.4. The maximum Gasteiger partial charge on any atom is 0.254 e. The van der Waals surface area contributed by atoms with E-state index in [1.807, 2.05) is 39.0 Å². The van der Waals surface area contributed by atoms with E-state index < -0.39 is 5.54 Å². The zero-order chi connectivity index (χ0) is 21.2. The van der Waals surface area contributed by atoms with Crippen molar-refractivity contribution in [3.8, 4) is 11.5 Å². The van der Waals surface area contributed by atoms with Crippen LogP contribution in [0, 0.1) is 0 Å². The van der Waals surface area contributed by atoms with Crippen molar-refractivity contribution < 1.29 is 14.3 Å². The standard InChI is InChI=1S/C23H26N2O4/c1-23(2,3)25(22(27)15-7-6-8-18(12-15)28-4)14-17-11-16-13-19(29-5)9-10-20(16)24-21(17)26/h6-13H,14H2,1-5H3,(H,24,26). The number of aromatic amines is 1. The fourth-order valence-electron chi connectivity index (χ4n) is 3.17. The Balaban J connectivity index is 2.01. The van der Waals surface area contributed by atoms with Gasteiger partial charge < -0.3 is 19.4 Å². The molecular weight excluding hydrogens is 368 g/mol. The van der Waals surface area contributed by atoms with Gasteiger partial charge in [0.25, 0.3) is 11.5 Å². The van der Waals surface area contributed by atoms with Gasteiger partial charge >= 0.3 is 0 Å². The van der Waals surface area contributed by atoms with Crippen molar-refractivity contribution in [1.82, 2.24) is 9.88 Å². The van der Waals surface area contributed by atoms with Gasteiger partial charge in [-0.3, -0.25) is 9.59 Å². The molecule has 0 radical (unpaired) electrons. The number of methoxy groups -OCH3 is 2. The summed E-state index contributed by atoms with van der Waals surface area (Å²) in [6.07, 6.45) is 0. The highest BCUT2D eigenvalue weighted by molar-refractivity contribution is 5.95. The second-order valence-electron chi connectivity index (χ2n) is 7.87. The summed E-state index contributed by atoms with van der Waals surface area (Å²) >= 11 is 0. The lowest BCUT2D eigenvalue weighted by molar-refractivity contribution is 0.0557. The first kappa shape index (κ1) is 20.5. The number of carbonyl (C=O) groups is 1. The van der Waals surface area contributed by atoms with E-state index in [9.17, 15) is 9.59 Å². The normalized spacial score (nSPS) is 11.3. The molecule has 1 amide bonds. The SMILES string of the molecule is COc1cccc(C(=O)N(Cc2cc3cc(OC)ccc3[nH]c2=O)C(C)(C)C)c1. The number of hydrogen-bond donors (Lipinski definition) is 1. The molecule has 0 aliphatic rings. The van der Waals surface area contributed by atoms with Crippen molar-refractivity contribution >= 4 is 16.8 Å². The van der Waals surface area contributed by atoms with Crippen LogP contribution in [0.15, 0.2) is 53.3 Å². The number of amides is 1. The van der Waals surface area contributed by atoms with Crippen LogP contribution < -0.4 is 15.0 Å². The van der Waals surface area contributed by atoms with E-state index in [1.54, 1.807) is 49.5 Å². The molecule has 0 unspecified atom stereocenters. The number of ether oxygens (including phenoxy) is 2. The highest BCUT2D eigenvalue weighted by Crippen LogP contribution is 2.24. The van der Waals surface area contributed by atoms with E-state index in [0.717, 1.165) is 10.9 Å². The van der Waals surface area contributed by atoms with E-state index in [-0.39, 0.29) is 18.0 Å². The molecule has 6 heteroatoms. The van der Waals surface area contributed by atoms with Crippen LogP contribution in [0.5, 0.6) is 11.5 Å². The van der Waals surface area contributed by atoms with E-state index in [1.165, 1.54) is 0 Å². The number of nitrogens with zero attached hydrogens (tertiary/aromatic N) is 1. The van der Waals surface area contributed by atoms with Crippen LogP contribution in [-0.2, 0) is 6.54 Å². The molecule has 29 heavy (non-hydrogen) atoms. The molecule has 3 rings (SSSR count). The summed E-state index contributed by atoms with van der Waals surface area (Å²) in [5, 5.41) is 0.849. The Labute approximate surface area is 170 Å². The number of hydrogen-bond acceptors (Lipinski definition) is 4. The van der Waals surface area contributed by atoms with Crippen LogP contribution in [0.1, 0.15) is 36.7 Å². The van der Waals surface area contributed by atoms with Gasteiger partial charge in [0.1, 0.15) is 11.5 Å². The van der Waals surface area contributed by atoms with E-state index >= 15 is 0 Å². The summed E-state index contributed by atoms with van der Waals surface area (Å²) in [7, 11) is 3.16. The quantitative estimate of drug-likeness (QED) is 0.710. The first-order valence-corrected chi connectivity index (χ1v) is 9.39. The van der Waals surface area contributed by atoms with E-state index in [0.29, 0.717) is 22.6 Å². The lowest BCUT2D eigenvalue weighted by Crippen LogP contribution is -2.46. The highest BCUT2D eigenvalue weighted by atomic mass is 16.5. The van der Waals surface area contributed by atoms with Gasteiger partial charge in [-0.1, -0.05) is 6.07 Å². The topological polar surface area (TPSA) is 71.6 Å². The summed E-state index contributed by atoms with van der Waals surface area (Å²) < 4.78 is 10.5. The molecule has 0 atom stereocenters. The molecule has 3 aromatic rings. The number of benzene rings is 2. The third-order valence-electron chi connectivity index (χ3n) is 4.83. The van der Waals surface area contributed by atoms with E-state index in [4.69, 9.17) is 9.47 Å². The van der Waals surface area contributed by atoms with Gasteiger partial charge in [0.15, 0.2) is 0 Å². The van der Waals surface area contributed by atoms with Crippen molar-refractivity contribution in [2.45, 2.75) is 32.9 Å². The summed E-state index contributed by atoms with van der Waals surface area (Å²) in [5.74, 6) is 1.15. The van der Waals surface area contributed by atoms with Crippen molar-refractivity contribution in [1.29, 1.82) is 0 Å². The number of nitrogens with one attached hydrogen (secondary N) is 1. The van der Waals surface area contributed by atoms with Gasteiger partial charge in [-0.15, -0.1) is 0 Å². The second kappa shape index (κ2) is 7.99. The molecule has 2 aromatic carbocycles. The van der Waals surface area contributed by atoms with Crippen LogP contribution in [0.25, 0.3) is 10.9 Å². The van der Waals surface area contributed by atoms with Crippen molar-refractivity contribution in [3.05, 3.63) is 70.0 Å². The van der Waals surface area contributed by atoms with Gasteiger partial charge in [-0.25, -0.2) is 0 Å². The molecule has 0 aliphatic carbocycles. The number of fused-ring (bicyclic) bond motifs is 1. The lowest BCUT2D eigenvalue weighted by atomic mass is 10.0. The number of H-pyrrole nitrogens is 1. The minimum Gasteiger partial charge on any atom is -0.497 e. The molecule has 1 N–H and O–H groups in total. The summed E-state index contributed by atoms with van der Waals surface area (Å²) in [6.45, 7) is 6.03. The molecule has 0 spiro atoms. The Kier molecular flexibility index (Phi) is 5.64. The molecule has 152 valence electrons. The molecular formula is C23H26N2O4. The Morgan fingerprint density at radius 2 is 1.69 bits per heavy atom. The lowest BCUT2D eigenvalue weighted by Gasteiger charge is -2.36. The number of carbonyl (C=O) groups excluding carboxylic acids is 1. The van der Waals surface area contributed by atoms with Crippen LogP contribution in [0.2, 0.25) is 0 Å². The van der Waals surface area contributed by atoms with Crippen molar-refractivity contribution in [3.63, 3.8) is 0 Å². The third kappa shape index (κ3) is 4.42. The largest absolute Gasteiger partial charge is 0.497 e. The Hall–Kier alpha value is -3.28. The summed E-state index contributed by atoms with van der Waals surface area (Å²) in [5.41, 5.74) is 1.04. The van der Waals surface area contributed by atoms with Crippen LogP contribution in [-0.4, -0.2) is 35.5 Å². The predicted molar refractivity (Wildman–Crippen MR) is 114 cm³/mol. The number of rotatable bonds is 5. The maximum atomic E-state index is 13.3. The second-order valence-corrected chi connectivity index (χ2v) is 7.87. The average Bonchev–Trinajstić information content (AvgIpc) is 2.70. The molecule has 0 fully saturated rings. The first-order chi connectivity index (χ1) is 13.7. The average molecular weight is 394 g/mol. The van der Waals surface area contributed by atoms with Crippen LogP contribution in [0.4, 0.5) is 0 Å². The van der Waals surface area contributed by atoms with E-state index in [2.05, 4.69) is 4.98 Å². The molecule has 0 saturated heterocycles. The third-order valence-corrected chi connectivity index (χ3v) is 4.83. The first-order valence-electron chi connectivity index (χ1n) is 9.39. The number of pyridine rings is 1. The smallest absolute Gasteiger partial charge is 0.254 e. The highest BCUT2D eigenvalue weighted by Gasteiger charge is 2.28. The fourth-order valence-corrected chi connectivity index (χ4v) is 3.17. The number of aromatic nitrogens is 1. The predicted octanol–water partition coefficient (Wildman–Crippen LogP) is 3.99. The van der Waals surface area contributed by atoms with Gasteiger partial charge in [-0.05, 0) is 63.2 Å². The Morgan fingerprint density at radius 1 is 1.00 bits per heavy atom. The van der Waals surface area contributed by atoms with Gasteiger partial charge in [0.2, 0.25) is 0 Å². The van der Waals surface area contributed by atoms with Crippen LogP contribution >= 0.6 is 0 Å². The summed E-state index contributed by atoms with van der Waals surface area (Å²) in [6, 6.07) is 14.3. The Bertz CT molecular complexity index is 1100. The molecule has 0 saturated carbocycles. The molecule has 1 heterocycles. The minimum absolute atomic E-state index is 0.165. The Morgan fingerprint density at radius 3 is 2.34 bits per heavy atom. The van der Waals surface area contributed by atoms with Gasteiger partial charge in [0, 0.05) is 27.6 Å². The minimum atomic E-state index is -0.490. The van der Waals surface area contributed by atoms with Crippen molar-refractivity contribution in [2.75, 3.05) is 14.2 Å². The molecule has 0 bridgehead atoms. The zero-order valence-electron chi connectivity index (χ0n) is 17.4. The van der Waals surface area contributed by atoms with Gasteiger partial charge in [0.05, 0.1) is 20.8 Å². The maximum absolute atomic E-state index is 13.3.